The third kappa shape index (κ3) is 4.02. The van der Waals surface area contributed by atoms with E-state index in [4.69, 9.17) is 4.74 Å². The molecule has 2 atom stereocenters. The summed E-state index contributed by atoms with van der Waals surface area (Å²) in [6, 6.07) is 19.2. The highest BCUT2D eigenvalue weighted by Gasteiger charge is 2.22. The Balaban J connectivity index is 2.22. The smallest absolute Gasteiger partial charge is 0.132 e. The predicted molar refractivity (Wildman–Crippen MR) is 91.2 cm³/mol. The lowest BCUT2D eigenvalue weighted by molar-refractivity contribution is 0.404. The average molecular weight is 301 g/mol. The summed E-state index contributed by atoms with van der Waals surface area (Å²) in [5, 5.41) is 3.92. The van der Waals surface area contributed by atoms with Crippen molar-refractivity contribution in [1.82, 2.24) is 5.32 Å². The summed E-state index contributed by atoms with van der Waals surface area (Å²) < 4.78 is 5.47. The number of ether oxygens (including phenoxy) is 1. The van der Waals surface area contributed by atoms with E-state index in [-0.39, 0.29) is 0 Å². The van der Waals surface area contributed by atoms with Crippen LogP contribution in [-0.4, -0.2) is 19.4 Å². The van der Waals surface area contributed by atoms with E-state index in [2.05, 4.69) is 54.7 Å². The van der Waals surface area contributed by atoms with Crippen LogP contribution in [0.2, 0.25) is 0 Å². The summed E-state index contributed by atoms with van der Waals surface area (Å²) in [7, 11) is 3.76. The van der Waals surface area contributed by atoms with Crippen LogP contribution in [0.1, 0.15) is 24.9 Å². The number of methoxy groups -OCH3 is 1. The molecule has 0 heterocycles. The predicted octanol–water partition coefficient (Wildman–Crippen LogP) is 4.53. The number of nitrogens with one attached hydrogen (secondary N) is 1. The third-order valence-electron chi connectivity index (χ3n) is 3.59. The van der Waals surface area contributed by atoms with Gasteiger partial charge in [0.25, 0.3) is 0 Å². The van der Waals surface area contributed by atoms with Crippen molar-refractivity contribution in [3.8, 4) is 5.75 Å². The number of hydrogen-bond acceptors (Lipinski definition) is 3. The van der Waals surface area contributed by atoms with E-state index in [1.54, 1.807) is 7.11 Å². The molecule has 0 spiro atoms. The van der Waals surface area contributed by atoms with Crippen LogP contribution in [0.4, 0.5) is 0 Å². The van der Waals surface area contributed by atoms with Gasteiger partial charge in [-0.3, -0.25) is 0 Å². The fourth-order valence-electron chi connectivity index (χ4n) is 2.49. The van der Waals surface area contributed by atoms with Crippen molar-refractivity contribution >= 4 is 11.8 Å². The highest BCUT2D eigenvalue weighted by Crippen LogP contribution is 2.38. The van der Waals surface area contributed by atoms with Crippen LogP contribution in [0.5, 0.6) is 5.75 Å². The van der Waals surface area contributed by atoms with Crippen LogP contribution in [0, 0.1) is 0 Å². The van der Waals surface area contributed by atoms with Gasteiger partial charge in [-0.25, -0.2) is 0 Å². The monoisotopic (exact) mass is 301 g/mol. The topological polar surface area (TPSA) is 21.3 Å². The van der Waals surface area contributed by atoms with Gasteiger partial charge in [0.05, 0.1) is 7.11 Å². The maximum absolute atomic E-state index is 5.47. The Bertz CT molecular complexity index is 544. The number of thioether (sulfide) groups is 1. The Kier molecular flexibility index (Phi) is 6.15. The fraction of sp³-hybridized carbons (Fsp3) is 0.333. The van der Waals surface area contributed by atoms with Crippen LogP contribution in [0.25, 0.3) is 0 Å². The average Bonchev–Trinajstić information content (AvgIpc) is 2.56. The zero-order valence-corrected chi connectivity index (χ0v) is 13.7. The van der Waals surface area contributed by atoms with Gasteiger partial charge >= 0.3 is 0 Å². The van der Waals surface area contributed by atoms with Gasteiger partial charge in [0.2, 0.25) is 0 Å². The molecule has 0 saturated heterocycles. The second-order valence-corrected chi connectivity index (χ2v) is 6.17. The Morgan fingerprint density at radius 2 is 1.71 bits per heavy atom. The number of para-hydroxylation sites is 1. The fourth-order valence-corrected chi connectivity index (χ4v) is 3.84. The normalized spacial score (nSPS) is 13.7. The van der Waals surface area contributed by atoms with Gasteiger partial charge in [-0.15, -0.1) is 11.8 Å². The van der Waals surface area contributed by atoms with E-state index in [1.165, 1.54) is 10.5 Å². The number of rotatable bonds is 7. The highest BCUT2D eigenvalue weighted by atomic mass is 32.2. The van der Waals surface area contributed by atoms with E-state index in [0.29, 0.717) is 11.3 Å². The summed E-state index contributed by atoms with van der Waals surface area (Å²) in [5.74, 6) is 0.948. The molecule has 0 bridgehead atoms. The molecule has 3 heteroatoms. The number of hydrogen-bond donors (Lipinski definition) is 1. The van der Waals surface area contributed by atoms with Crippen LogP contribution in [0.3, 0.4) is 0 Å². The lowest BCUT2D eigenvalue weighted by Gasteiger charge is -2.26. The second kappa shape index (κ2) is 8.11. The first kappa shape index (κ1) is 15.9. The van der Waals surface area contributed by atoms with Gasteiger partial charge in [0.1, 0.15) is 5.75 Å². The Hall–Kier alpha value is -1.45. The lowest BCUT2D eigenvalue weighted by Crippen LogP contribution is -2.26. The van der Waals surface area contributed by atoms with Crippen molar-refractivity contribution in [2.75, 3.05) is 14.2 Å². The summed E-state index contributed by atoms with van der Waals surface area (Å²) >= 11 is 1.88. The second-order valence-electron chi connectivity index (χ2n) is 4.89. The quantitative estimate of drug-likeness (QED) is 0.759. The molecule has 2 unspecified atom stereocenters. The zero-order chi connectivity index (χ0) is 15.1. The molecule has 21 heavy (non-hydrogen) atoms. The summed E-state index contributed by atoms with van der Waals surface area (Å²) in [4.78, 5) is 1.20. The molecule has 0 aliphatic heterocycles. The molecule has 0 aliphatic rings. The largest absolute Gasteiger partial charge is 0.496 e. The van der Waals surface area contributed by atoms with Crippen LogP contribution in [0.15, 0.2) is 59.5 Å². The van der Waals surface area contributed by atoms with Gasteiger partial charge in [0, 0.05) is 16.2 Å². The van der Waals surface area contributed by atoms with E-state index >= 15 is 0 Å². The molecule has 0 aliphatic carbocycles. The van der Waals surface area contributed by atoms with Crippen LogP contribution >= 0.6 is 11.8 Å². The molecular weight excluding hydrogens is 278 g/mol. The van der Waals surface area contributed by atoms with Crippen LogP contribution in [-0.2, 0) is 0 Å². The lowest BCUT2D eigenvalue weighted by atomic mass is 10.0. The molecule has 0 fully saturated rings. The van der Waals surface area contributed by atoms with E-state index in [1.807, 2.05) is 30.9 Å². The van der Waals surface area contributed by atoms with Crippen molar-refractivity contribution in [2.45, 2.75) is 29.5 Å². The van der Waals surface area contributed by atoms with Gasteiger partial charge in [-0.2, -0.15) is 0 Å². The molecule has 0 radical (unpaired) electrons. The van der Waals surface area contributed by atoms with Crippen LogP contribution < -0.4 is 10.1 Å². The van der Waals surface area contributed by atoms with E-state index in [9.17, 15) is 0 Å². The van der Waals surface area contributed by atoms with Gasteiger partial charge in [0.15, 0.2) is 0 Å². The Labute approximate surface area is 131 Å². The van der Waals surface area contributed by atoms with Crippen molar-refractivity contribution in [2.24, 2.45) is 0 Å². The van der Waals surface area contributed by atoms with E-state index in [0.717, 1.165) is 12.2 Å². The SMILES string of the molecule is CCC(Sc1ccccc1OC)C(NC)c1ccccc1. The van der Waals surface area contributed by atoms with Crippen molar-refractivity contribution in [3.63, 3.8) is 0 Å². The minimum Gasteiger partial charge on any atom is -0.496 e. The van der Waals surface area contributed by atoms with E-state index < -0.39 is 0 Å². The third-order valence-corrected chi connectivity index (χ3v) is 5.09. The first-order valence-corrected chi connectivity index (χ1v) is 8.20. The molecule has 2 nitrogen and oxygen atoms in total. The van der Waals surface area contributed by atoms with Gasteiger partial charge in [-0.05, 0) is 31.2 Å². The summed E-state index contributed by atoms with van der Waals surface area (Å²) in [6.07, 6.45) is 1.09. The van der Waals surface area contributed by atoms with Crippen molar-refractivity contribution in [3.05, 3.63) is 60.2 Å². The van der Waals surface area contributed by atoms with Crippen molar-refractivity contribution < 1.29 is 4.74 Å². The minimum atomic E-state index is 0.325. The minimum absolute atomic E-state index is 0.325. The standard InChI is InChI=1S/C18H23NOS/c1-4-16(18(19-2)14-10-6-5-7-11-14)21-17-13-9-8-12-15(17)20-3/h5-13,16,18-19H,4H2,1-3H3. The molecule has 2 aromatic carbocycles. The first-order chi connectivity index (χ1) is 10.3. The maximum Gasteiger partial charge on any atom is 0.132 e. The van der Waals surface area contributed by atoms with Gasteiger partial charge < -0.3 is 10.1 Å². The molecule has 2 rings (SSSR count). The molecule has 2 aromatic rings. The number of benzene rings is 2. The Morgan fingerprint density at radius 3 is 2.33 bits per heavy atom. The molecule has 112 valence electrons. The molecular formula is C18H23NOS. The molecule has 1 N–H and O–H groups in total. The highest BCUT2D eigenvalue weighted by molar-refractivity contribution is 8.00. The summed E-state index contributed by atoms with van der Waals surface area (Å²) in [5.41, 5.74) is 1.33. The first-order valence-electron chi connectivity index (χ1n) is 7.32. The molecule has 0 aromatic heterocycles. The summed E-state index contributed by atoms with van der Waals surface area (Å²) in [6.45, 7) is 2.24. The Morgan fingerprint density at radius 1 is 1.05 bits per heavy atom. The van der Waals surface area contributed by atoms with Crippen molar-refractivity contribution in [1.29, 1.82) is 0 Å². The zero-order valence-electron chi connectivity index (χ0n) is 12.9. The van der Waals surface area contributed by atoms with Gasteiger partial charge in [-0.1, -0.05) is 49.4 Å². The molecule has 0 amide bonds. The maximum atomic E-state index is 5.47. The molecule has 0 saturated carbocycles.